The fourth-order valence-corrected chi connectivity index (χ4v) is 2.44. The van der Waals surface area contributed by atoms with E-state index < -0.39 is 5.97 Å². The van der Waals surface area contributed by atoms with Gasteiger partial charge < -0.3 is 9.84 Å². The molecule has 1 aliphatic rings. The third kappa shape index (κ3) is 2.50. The second kappa shape index (κ2) is 5.33. The average molecular weight is 269 g/mol. The van der Waals surface area contributed by atoms with Crippen LogP contribution in [-0.2, 0) is 11.2 Å². The van der Waals surface area contributed by atoms with Crippen LogP contribution in [0.5, 0.6) is 5.75 Å². The van der Waals surface area contributed by atoms with Crippen LogP contribution in [0.3, 0.4) is 0 Å². The molecule has 0 radical (unpaired) electrons. The van der Waals surface area contributed by atoms with Crippen LogP contribution >= 0.6 is 0 Å². The van der Waals surface area contributed by atoms with Crippen molar-refractivity contribution in [3.05, 3.63) is 48.2 Å². The predicted molar refractivity (Wildman–Crippen MR) is 74.6 cm³/mol. The van der Waals surface area contributed by atoms with Gasteiger partial charge in [-0.2, -0.15) is 0 Å². The van der Waals surface area contributed by atoms with Gasteiger partial charge in [0.25, 0.3) is 0 Å². The lowest BCUT2D eigenvalue weighted by Gasteiger charge is -2.09. The molecule has 2 aromatic rings. The van der Waals surface area contributed by atoms with Gasteiger partial charge in [-0.1, -0.05) is 18.2 Å². The van der Waals surface area contributed by atoms with Gasteiger partial charge in [0.05, 0.1) is 18.2 Å². The maximum absolute atomic E-state index is 11.1. The third-order valence-electron chi connectivity index (χ3n) is 3.57. The molecule has 1 aliphatic heterocycles. The van der Waals surface area contributed by atoms with Gasteiger partial charge in [0.15, 0.2) is 0 Å². The summed E-state index contributed by atoms with van der Waals surface area (Å²) in [7, 11) is 0. The first-order chi connectivity index (χ1) is 9.74. The molecule has 1 atom stereocenters. The number of aromatic nitrogens is 1. The number of hydrogen-bond acceptors (Lipinski definition) is 3. The molecule has 0 saturated heterocycles. The highest BCUT2D eigenvalue weighted by atomic mass is 16.5. The molecular weight excluding hydrogens is 254 g/mol. The smallest absolute Gasteiger partial charge is 0.306 e. The molecule has 1 unspecified atom stereocenters. The Morgan fingerprint density at radius 3 is 2.95 bits per heavy atom. The zero-order valence-corrected chi connectivity index (χ0v) is 11.0. The van der Waals surface area contributed by atoms with Crippen LogP contribution in [0.15, 0.2) is 42.6 Å². The number of carboxylic acids is 1. The SMILES string of the molecule is O=C(O)C1CCOc2cc(-c3ccccn3)ccc2C1. The molecule has 1 aromatic carbocycles. The fraction of sp³-hybridized carbons (Fsp3) is 0.250. The van der Waals surface area contributed by atoms with Crippen LogP contribution in [0.2, 0.25) is 0 Å². The first-order valence-electron chi connectivity index (χ1n) is 6.64. The fourth-order valence-electron chi connectivity index (χ4n) is 2.44. The Bertz CT molecular complexity index is 625. The van der Waals surface area contributed by atoms with E-state index in [4.69, 9.17) is 9.84 Å². The second-order valence-corrected chi connectivity index (χ2v) is 4.91. The van der Waals surface area contributed by atoms with Gasteiger partial charge in [-0.25, -0.2) is 0 Å². The van der Waals surface area contributed by atoms with Crippen LogP contribution in [0.1, 0.15) is 12.0 Å². The minimum Gasteiger partial charge on any atom is -0.493 e. The Hall–Kier alpha value is -2.36. The zero-order chi connectivity index (χ0) is 13.9. The molecule has 0 spiro atoms. The Kier molecular flexibility index (Phi) is 3.37. The van der Waals surface area contributed by atoms with E-state index in [9.17, 15) is 4.79 Å². The Balaban J connectivity index is 1.94. The Labute approximate surface area is 117 Å². The molecule has 2 heterocycles. The number of benzene rings is 1. The van der Waals surface area contributed by atoms with E-state index in [1.165, 1.54) is 0 Å². The lowest BCUT2D eigenvalue weighted by Crippen LogP contribution is -2.16. The highest BCUT2D eigenvalue weighted by molar-refractivity contribution is 5.71. The molecule has 4 heteroatoms. The van der Waals surface area contributed by atoms with Gasteiger partial charge in [-0.15, -0.1) is 0 Å². The first-order valence-corrected chi connectivity index (χ1v) is 6.64. The highest BCUT2D eigenvalue weighted by Crippen LogP contribution is 2.31. The van der Waals surface area contributed by atoms with Crippen molar-refractivity contribution in [3.8, 4) is 17.0 Å². The molecule has 0 saturated carbocycles. The molecule has 20 heavy (non-hydrogen) atoms. The van der Waals surface area contributed by atoms with Gasteiger partial charge in [-0.3, -0.25) is 9.78 Å². The predicted octanol–water partition coefficient (Wildman–Crippen LogP) is 2.77. The molecule has 4 nitrogen and oxygen atoms in total. The first kappa shape index (κ1) is 12.7. The quantitative estimate of drug-likeness (QED) is 0.910. The maximum Gasteiger partial charge on any atom is 0.306 e. The third-order valence-corrected chi connectivity index (χ3v) is 3.57. The molecule has 0 bridgehead atoms. The van der Waals surface area contributed by atoms with Crippen molar-refractivity contribution in [2.24, 2.45) is 5.92 Å². The topological polar surface area (TPSA) is 59.4 Å². The van der Waals surface area contributed by atoms with E-state index in [0.717, 1.165) is 22.6 Å². The van der Waals surface area contributed by atoms with Crippen LogP contribution < -0.4 is 4.74 Å². The van der Waals surface area contributed by atoms with Gasteiger partial charge in [0, 0.05) is 11.8 Å². The van der Waals surface area contributed by atoms with Gasteiger partial charge in [0.2, 0.25) is 0 Å². The summed E-state index contributed by atoms with van der Waals surface area (Å²) < 4.78 is 5.70. The van der Waals surface area contributed by atoms with Crippen LogP contribution in [0.4, 0.5) is 0 Å². The molecule has 1 aromatic heterocycles. The standard InChI is InChI=1S/C16H15NO3/c18-16(19)13-6-8-20-15-10-11(4-5-12(15)9-13)14-3-1-2-7-17-14/h1-5,7,10,13H,6,8-9H2,(H,18,19). The number of fused-ring (bicyclic) bond motifs is 1. The summed E-state index contributed by atoms with van der Waals surface area (Å²) in [6.45, 7) is 0.440. The van der Waals surface area contributed by atoms with Crippen molar-refractivity contribution in [3.63, 3.8) is 0 Å². The number of carboxylic acid groups (broad SMARTS) is 1. The Morgan fingerprint density at radius 1 is 1.30 bits per heavy atom. The van der Waals surface area contributed by atoms with Gasteiger partial charge >= 0.3 is 5.97 Å². The van der Waals surface area contributed by atoms with E-state index in [1.807, 2.05) is 36.4 Å². The van der Waals surface area contributed by atoms with E-state index in [2.05, 4.69) is 4.98 Å². The van der Waals surface area contributed by atoms with Crippen molar-refractivity contribution in [1.82, 2.24) is 4.98 Å². The zero-order valence-electron chi connectivity index (χ0n) is 11.0. The molecule has 0 aliphatic carbocycles. The number of hydrogen-bond donors (Lipinski definition) is 1. The van der Waals surface area contributed by atoms with Crippen molar-refractivity contribution in [1.29, 1.82) is 0 Å². The molecule has 0 amide bonds. The van der Waals surface area contributed by atoms with Gasteiger partial charge in [0.1, 0.15) is 5.75 Å². The number of carbonyl (C=O) groups is 1. The summed E-state index contributed by atoms with van der Waals surface area (Å²) in [5.41, 5.74) is 2.82. The summed E-state index contributed by atoms with van der Waals surface area (Å²) in [5.74, 6) is -0.343. The highest BCUT2D eigenvalue weighted by Gasteiger charge is 2.23. The van der Waals surface area contributed by atoms with Crippen LogP contribution in [-0.4, -0.2) is 22.7 Å². The molecule has 1 N–H and O–H groups in total. The molecular formula is C16H15NO3. The lowest BCUT2D eigenvalue weighted by molar-refractivity contribution is -0.142. The summed E-state index contributed by atoms with van der Waals surface area (Å²) in [4.78, 5) is 15.5. The summed E-state index contributed by atoms with van der Waals surface area (Å²) in [6, 6.07) is 11.6. The number of nitrogens with zero attached hydrogens (tertiary/aromatic N) is 1. The van der Waals surface area contributed by atoms with Crippen LogP contribution in [0, 0.1) is 5.92 Å². The monoisotopic (exact) mass is 269 g/mol. The van der Waals surface area contributed by atoms with Crippen LogP contribution in [0.25, 0.3) is 11.3 Å². The summed E-state index contributed by atoms with van der Waals surface area (Å²) in [6.07, 6.45) is 2.82. The largest absolute Gasteiger partial charge is 0.493 e. The lowest BCUT2D eigenvalue weighted by atomic mass is 9.96. The van der Waals surface area contributed by atoms with Crippen molar-refractivity contribution >= 4 is 5.97 Å². The average Bonchev–Trinajstić information content (AvgIpc) is 2.69. The second-order valence-electron chi connectivity index (χ2n) is 4.91. The summed E-state index contributed by atoms with van der Waals surface area (Å²) in [5, 5.41) is 9.16. The van der Waals surface area contributed by atoms with E-state index in [-0.39, 0.29) is 5.92 Å². The normalized spacial score (nSPS) is 17.7. The van der Waals surface area contributed by atoms with Crippen molar-refractivity contribution in [2.75, 3.05) is 6.61 Å². The Morgan fingerprint density at radius 2 is 2.20 bits per heavy atom. The van der Waals surface area contributed by atoms with E-state index in [0.29, 0.717) is 19.4 Å². The molecule has 102 valence electrons. The molecule has 0 fully saturated rings. The van der Waals surface area contributed by atoms with E-state index in [1.54, 1.807) is 6.20 Å². The number of rotatable bonds is 2. The van der Waals surface area contributed by atoms with E-state index >= 15 is 0 Å². The number of aliphatic carboxylic acids is 1. The van der Waals surface area contributed by atoms with Crippen molar-refractivity contribution < 1.29 is 14.6 Å². The van der Waals surface area contributed by atoms with Gasteiger partial charge in [-0.05, 0) is 36.6 Å². The minimum absolute atomic E-state index is 0.364. The maximum atomic E-state index is 11.1. The number of ether oxygens (including phenoxy) is 1. The summed E-state index contributed by atoms with van der Waals surface area (Å²) >= 11 is 0. The number of pyridine rings is 1. The molecule has 3 rings (SSSR count). The minimum atomic E-state index is -0.754. The van der Waals surface area contributed by atoms with Crippen molar-refractivity contribution in [2.45, 2.75) is 12.8 Å².